The molecule has 5 heteroatoms. The summed E-state index contributed by atoms with van der Waals surface area (Å²) in [6.07, 6.45) is 0.888. The third kappa shape index (κ3) is 4.71. The lowest BCUT2D eigenvalue weighted by Crippen LogP contribution is -2.48. The highest BCUT2D eigenvalue weighted by atomic mass is 79.9. The van der Waals surface area contributed by atoms with Gasteiger partial charge >= 0.3 is 0 Å². The van der Waals surface area contributed by atoms with E-state index < -0.39 is 0 Å². The second-order valence-electron chi connectivity index (χ2n) is 5.44. The molecule has 0 saturated heterocycles. The van der Waals surface area contributed by atoms with Crippen molar-refractivity contribution in [1.82, 2.24) is 5.32 Å². The van der Waals surface area contributed by atoms with Gasteiger partial charge in [-0.15, -0.1) is 0 Å². The van der Waals surface area contributed by atoms with Crippen molar-refractivity contribution in [3.63, 3.8) is 0 Å². The second kappa shape index (κ2) is 6.97. The molecule has 20 heavy (non-hydrogen) atoms. The van der Waals surface area contributed by atoms with E-state index in [-0.39, 0.29) is 17.5 Å². The highest BCUT2D eigenvalue weighted by Gasteiger charge is 2.21. The first kappa shape index (κ1) is 16.8. The van der Waals surface area contributed by atoms with Crippen LogP contribution in [0.3, 0.4) is 0 Å². The molecule has 0 aliphatic carbocycles. The van der Waals surface area contributed by atoms with Crippen molar-refractivity contribution < 1.29 is 9.53 Å². The van der Waals surface area contributed by atoms with Crippen molar-refractivity contribution in [1.29, 1.82) is 0 Å². The van der Waals surface area contributed by atoms with Gasteiger partial charge in [0.05, 0.1) is 11.6 Å². The van der Waals surface area contributed by atoms with E-state index in [1.165, 1.54) is 0 Å². The van der Waals surface area contributed by atoms with Crippen LogP contribution in [0.1, 0.15) is 34.1 Å². The average Bonchev–Trinajstić information content (AvgIpc) is 2.38. The van der Waals surface area contributed by atoms with Crippen LogP contribution < -0.4 is 15.4 Å². The molecule has 1 rings (SSSR count). The maximum absolute atomic E-state index is 12.1. The summed E-state index contributed by atoms with van der Waals surface area (Å²) >= 11 is 3.43. The maximum atomic E-state index is 12.1. The lowest BCUT2D eigenvalue weighted by atomic mass is 10.0. The number of hydrogen-bond acceptors (Lipinski definition) is 3. The highest BCUT2D eigenvalue weighted by molar-refractivity contribution is 9.10. The number of ether oxygens (including phenoxy) is 1. The predicted octanol–water partition coefficient (Wildman–Crippen LogP) is 3.56. The summed E-state index contributed by atoms with van der Waals surface area (Å²) in [5.74, 6) is 0.753. The molecule has 0 saturated carbocycles. The number of rotatable bonds is 6. The van der Waals surface area contributed by atoms with Gasteiger partial charge in [-0.3, -0.25) is 4.79 Å². The molecule has 4 nitrogen and oxygen atoms in total. The fraction of sp³-hybridized carbons (Fsp3) is 0.533. The summed E-state index contributed by atoms with van der Waals surface area (Å²) in [4.78, 5) is 12.1. The van der Waals surface area contributed by atoms with Crippen molar-refractivity contribution in [2.75, 3.05) is 12.4 Å². The van der Waals surface area contributed by atoms with E-state index in [2.05, 4.69) is 33.5 Å². The summed E-state index contributed by atoms with van der Waals surface area (Å²) in [6.45, 7) is 7.93. The smallest absolute Gasteiger partial charge is 0.242 e. The van der Waals surface area contributed by atoms with Gasteiger partial charge < -0.3 is 15.4 Å². The van der Waals surface area contributed by atoms with E-state index in [0.717, 1.165) is 22.3 Å². The summed E-state index contributed by atoms with van der Waals surface area (Å²) in [6, 6.07) is 5.33. The molecule has 2 N–H and O–H groups in total. The fourth-order valence-corrected chi connectivity index (χ4v) is 2.14. The second-order valence-corrected chi connectivity index (χ2v) is 6.30. The van der Waals surface area contributed by atoms with Crippen molar-refractivity contribution >= 4 is 27.5 Å². The number of anilines is 1. The Kier molecular flexibility index (Phi) is 5.87. The van der Waals surface area contributed by atoms with Gasteiger partial charge in [-0.2, -0.15) is 0 Å². The van der Waals surface area contributed by atoms with Crippen LogP contribution in [0, 0.1) is 0 Å². The van der Waals surface area contributed by atoms with Crippen LogP contribution in [0.4, 0.5) is 5.69 Å². The first-order valence-electron chi connectivity index (χ1n) is 6.71. The minimum absolute atomic E-state index is 0.0104. The van der Waals surface area contributed by atoms with Crippen LogP contribution >= 0.6 is 15.9 Å². The molecule has 0 spiro atoms. The summed E-state index contributed by atoms with van der Waals surface area (Å²) < 4.78 is 6.03. The van der Waals surface area contributed by atoms with E-state index in [4.69, 9.17) is 4.74 Å². The van der Waals surface area contributed by atoms with Crippen LogP contribution in [0.5, 0.6) is 5.75 Å². The largest absolute Gasteiger partial charge is 0.496 e. The van der Waals surface area contributed by atoms with Gasteiger partial charge in [0.25, 0.3) is 0 Å². The van der Waals surface area contributed by atoms with E-state index in [9.17, 15) is 4.79 Å². The number of hydrogen-bond donors (Lipinski definition) is 2. The first-order valence-corrected chi connectivity index (χ1v) is 7.50. The molecule has 0 aliphatic rings. The highest BCUT2D eigenvalue weighted by Crippen LogP contribution is 2.28. The predicted molar refractivity (Wildman–Crippen MR) is 86.3 cm³/mol. The molecular formula is C15H23BrN2O2. The number of halogens is 1. The monoisotopic (exact) mass is 342 g/mol. The zero-order valence-corrected chi connectivity index (χ0v) is 14.3. The van der Waals surface area contributed by atoms with Gasteiger partial charge in [-0.05, 0) is 61.3 Å². The summed E-state index contributed by atoms with van der Waals surface area (Å²) in [5.41, 5.74) is 0.683. The zero-order valence-electron chi connectivity index (χ0n) is 12.7. The molecule has 0 aliphatic heterocycles. The number of benzene rings is 1. The van der Waals surface area contributed by atoms with Gasteiger partial charge in [-0.25, -0.2) is 0 Å². The lowest BCUT2D eigenvalue weighted by molar-refractivity contribution is -0.123. The van der Waals surface area contributed by atoms with Crippen molar-refractivity contribution in [3.05, 3.63) is 22.7 Å². The normalized spacial score (nSPS) is 12.7. The van der Waals surface area contributed by atoms with Gasteiger partial charge in [-0.1, -0.05) is 6.92 Å². The summed E-state index contributed by atoms with van der Waals surface area (Å²) in [5, 5.41) is 6.21. The number of carbonyl (C=O) groups excluding carboxylic acids is 1. The molecule has 1 aromatic rings. The molecule has 1 aromatic carbocycles. The van der Waals surface area contributed by atoms with E-state index in [1.54, 1.807) is 7.11 Å². The summed E-state index contributed by atoms with van der Waals surface area (Å²) in [7, 11) is 1.62. The standard InChI is InChI=1S/C15H23BrN2O2/c1-6-15(3,4)18-14(19)10(2)17-11-7-8-13(20-5)12(16)9-11/h7-10,17H,6H2,1-5H3,(H,18,19). The molecule has 0 heterocycles. The Balaban J connectivity index is 2.68. The van der Waals surface area contributed by atoms with E-state index >= 15 is 0 Å². The lowest BCUT2D eigenvalue weighted by Gasteiger charge is -2.27. The van der Waals surface area contributed by atoms with Crippen molar-refractivity contribution in [3.8, 4) is 5.75 Å². The topological polar surface area (TPSA) is 50.4 Å². The SMILES string of the molecule is CCC(C)(C)NC(=O)C(C)Nc1ccc(OC)c(Br)c1. The van der Waals surface area contributed by atoms with Gasteiger partial charge in [0.15, 0.2) is 0 Å². The molecule has 1 atom stereocenters. The average molecular weight is 343 g/mol. The van der Waals surface area contributed by atoms with Crippen LogP contribution in [0.2, 0.25) is 0 Å². The molecule has 0 fully saturated rings. The molecule has 1 unspecified atom stereocenters. The van der Waals surface area contributed by atoms with Gasteiger partial charge in [0, 0.05) is 11.2 Å². The Morgan fingerprint density at radius 1 is 1.45 bits per heavy atom. The Bertz CT molecular complexity index is 475. The van der Waals surface area contributed by atoms with Crippen LogP contribution in [-0.4, -0.2) is 24.6 Å². The number of methoxy groups -OCH3 is 1. The van der Waals surface area contributed by atoms with Crippen molar-refractivity contribution in [2.45, 2.75) is 45.7 Å². The minimum Gasteiger partial charge on any atom is -0.496 e. The Hall–Kier alpha value is -1.23. The van der Waals surface area contributed by atoms with E-state index in [1.807, 2.05) is 39.0 Å². The van der Waals surface area contributed by atoms with E-state index in [0.29, 0.717) is 0 Å². The minimum atomic E-state index is -0.305. The maximum Gasteiger partial charge on any atom is 0.242 e. The Morgan fingerprint density at radius 2 is 2.10 bits per heavy atom. The number of carbonyl (C=O) groups is 1. The van der Waals surface area contributed by atoms with Gasteiger partial charge in [0.1, 0.15) is 11.8 Å². The number of amides is 1. The Morgan fingerprint density at radius 3 is 2.60 bits per heavy atom. The first-order chi connectivity index (χ1) is 9.29. The molecular weight excluding hydrogens is 320 g/mol. The quantitative estimate of drug-likeness (QED) is 0.830. The zero-order chi connectivity index (χ0) is 15.3. The molecule has 0 radical (unpaired) electrons. The van der Waals surface area contributed by atoms with Gasteiger partial charge in [0.2, 0.25) is 5.91 Å². The fourth-order valence-electron chi connectivity index (χ4n) is 1.60. The molecule has 112 valence electrons. The third-order valence-electron chi connectivity index (χ3n) is 3.27. The van der Waals surface area contributed by atoms with Crippen LogP contribution in [0.25, 0.3) is 0 Å². The molecule has 0 aromatic heterocycles. The molecule has 1 amide bonds. The number of nitrogens with one attached hydrogen (secondary N) is 2. The molecule has 0 bridgehead atoms. The third-order valence-corrected chi connectivity index (χ3v) is 3.89. The van der Waals surface area contributed by atoms with Crippen molar-refractivity contribution in [2.24, 2.45) is 0 Å². The van der Waals surface area contributed by atoms with Crippen LogP contribution in [-0.2, 0) is 4.79 Å². The Labute approximate surface area is 129 Å². The van der Waals surface area contributed by atoms with Crippen LogP contribution in [0.15, 0.2) is 22.7 Å².